The van der Waals surface area contributed by atoms with Gasteiger partial charge in [-0.3, -0.25) is 4.79 Å². The smallest absolute Gasteiger partial charge is 0.305 e. The molecule has 0 aliphatic carbocycles. The lowest BCUT2D eigenvalue weighted by molar-refractivity contribution is -0.140. The zero-order chi connectivity index (χ0) is 18.1. The molecule has 5 nitrogen and oxygen atoms in total. The SMILES string of the molecule is COC(=O)CCCC(Nc1ccc(OC)cc1)c1ccc(C#N)cc1. The molecule has 0 heterocycles. The van der Waals surface area contributed by atoms with Gasteiger partial charge in [-0.15, -0.1) is 0 Å². The highest BCUT2D eigenvalue weighted by Crippen LogP contribution is 2.26. The first-order valence-corrected chi connectivity index (χ1v) is 8.13. The highest BCUT2D eigenvalue weighted by atomic mass is 16.5. The van der Waals surface area contributed by atoms with Gasteiger partial charge in [-0.1, -0.05) is 12.1 Å². The van der Waals surface area contributed by atoms with E-state index in [1.54, 1.807) is 19.2 Å². The maximum absolute atomic E-state index is 11.3. The maximum Gasteiger partial charge on any atom is 0.305 e. The van der Waals surface area contributed by atoms with Crippen LogP contribution in [0, 0.1) is 11.3 Å². The van der Waals surface area contributed by atoms with Crippen molar-refractivity contribution in [1.82, 2.24) is 0 Å². The number of nitriles is 1. The van der Waals surface area contributed by atoms with Gasteiger partial charge >= 0.3 is 5.97 Å². The molecule has 5 heteroatoms. The van der Waals surface area contributed by atoms with Crippen LogP contribution in [0.2, 0.25) is 0 Å². The minimum atomic E-state index is -0.206. The molecule has 0 radical (unpaired) electrons. The Labute approximate surface area is 148 Å². The minimum absolute atomic E-state index is 0.0331. The molecule has 0 fully saturated rings. The summed E-state index contributed by atoms with van der Waals surface area (Å²) in [6, 6.07) is 17.4. The van der Waals surface area contributed by atoms with Crippen LogP contribution in [-0.4, -0.2) is 20.2 Å². The van der Waals surface area contributed by atoms with Crippen LogP contribution in [0.25, 0.3) is 0 Å². The number of carbonyl (C=O) groups excluding carboxylic acids is 1. The third kappa shape index (κ3) is 5.54. The predicted molar refractivity (Wildman–Crippen MR) is 96.4 cm³/mol. The van der Waals surface area contributed by atoms with E-state index in [2.05, 4.69) is 11.4 Å². The first kappa shape index (κ1) is 18.3. The molecule has 0 aliphatic rings. The number of methoxy groups -OCH3 is 2. The highest BCUT2D eigenvalue weighted by Gasteiger charge is 2.13. The molecule has 0 spiro atoms. The molecule has 0 aliphatic heterocycles. The Morgan fingerprint density at radius 2 is 1.80 bits per heavy atom. The Bertz CT molecular complexity index is 718. The average Bonchev–Trinajstić information content (AvgIpc) is 2.67. The Balaban J connectivity index is 2.11. The van der Waals surface area contributed by atoms with E-state index in [1.165, 1.54) is 7.11 Å². The molecule has 2 aromatic rings. The summed E-state index contributed by atoms with van der Waals surface area (Å²) >= 11 is 0. The molecule has 0 amide bonds. The van der Waals surface area contributed by atoms with Gasteiger partial charge in [-0.25, -0.2) is 0 Å². The number of esters is 1. The first-order chi connectivity index (χ1) is 12.2. The Morgan fingerprint density at radius 3 is 2.36 bits per heavy atom. The summed E-state index contributed by atoms with van der Waals surface area (Å²) in [5.74, 6) is 0.592. The molecule has 2 aromatic carbocycles. The van der Waals surface area contributed by atoms with Gasteiger partial charge in [0.05, 0.1) is 31.9 Å². The third-order valence-corrected chi connectivity index (χ3v) is 3.97. The molecule has 0 saturated carbocycles. The summed E-state index contributed by atoms with van der Waals surface area (Å²) < 4.78 is 9.88. The molecule has 130 valence electrons. The third-order valence-electron chi connectivity index (χ3n) is 3.97. The molecule has 0 bridgehead atoms. The fourth-order valence-electron chi connectivity index (χ4n) is 2.55. The summed E-state index contributed by atoms with van der Waals surface area (Å²) in [4.78, 5) is 11.3. The number of benzene rings is 2. The lowest BCUT2D eigenvalue weighted by atomic mass is 9.99. The minimum Gasteiger partial charge on any atom is -0.497 e. The van der Waals surface area contributed by atoms with Gasteiger partial charge in [-0.05, 0) is 54.8 Å². The number of hydrogen-bond acceptors (Lipinski definition) is 5. The standard InChI is InChI=1S/C20H22N2O3/c1-24-18-12-10-17(11-13-18)22-19(4-3-5-20(23)25-2)16-8-6-15(14-21)7-9-16/h6-13,19,22H,3-5H2,1-2H3. The van der Waals surface area contributed by atoms with Crippen LogP contribution in [0.1, 0.15) is 36.4 Å². The van der Waals surface area contributed by atoms with Crippen molar-refractivity contribution in [3.63, 3.8) is 0 Å². The van der Waals surface area contributed by atoms with Crippen molar-refractivity contribution in [1.29, 1.82) is 5.26 Å². The van der Waals surface area contributed by atoms with Gasteiger partial charge in [-0.2, -0.15) is 5.26 Å². The molecule has 0 saturated heterocycles. The zero-order valence-corrected chi connectivity index (χ0v) is 14.5. The van der Waals surface area contributed by atoms with Crippen molar-refractivity contribution in [2.24, 2.45) is 0 Å². The van der Waals surface area contributed by atoms with Crippen molar-refractivity contribution in [2.45, 2.75) is 25.3 Å². The number of hydrogen-bond donors (Lipinski definition) is 1. The molecular weight excluding hydrogens is 316 g/mol. The van der Waals surface area contributed by atoms with Crippen molar-refractivity contribution in [2.75, 3.05) is 19.5 Å². The van der Waals surface area contributed by atoms with Gasteiger partial charge < -0.3 is 14.8 Å². The van der Waals surface area contributed by atoms with E-state index in [4.69, 9.17) is 14.7 Å². The van der Waals surface area contributed by atoms with E-state index < -0.39 is 0 Å². The predicted octanol–water partition coefficient (Wildman–Crippen LogP) is 4.06. The van der Waals surface area contributed by atoms with Gasteiger partial charge in [0, 0.05) is 12.1 Å². The van der Waals surface area contributed by atoms with Crippen LogP contribution < -0.4 is 10.1 Å². The molecule has 25 heavy (non-hydrogen) atoms. The van der Waals surface area contributed by atoms with E-state index in [0.29, 0.717) is 18.4 Å². The number of anilines is 1. The van der Waals surface area contributed by atoms with Crippen LogP contribution in [0.5, 0.6) is 5.75 Å². The number of nitrogens with one attached hydrogen (secondary N) is 1. The number of ether oxygens (including phenoxy) is 2. The summed E-state index contributed by atoms with van der Waals surface area (Å²) in [5.41, 5.74) is 2.66. The van der Waals surface area contributed by atoms with Crippen LogP contribution in [0.4, 0.5) is 5.69 Å². The number of carbonyl (C=O) groups is 1. The van der Waals surface area contributed by atoms with Crippen LogP contribution >= 0.6 is 0 Å². The van der Waals surface area contributed by atoms with Crippen molar-refractivity contribution in [3.05, 3.63) is 59.7 Å². The topological polar surface area (TPSA) is 71.3 Å². The Hall–Kier alpha value is -3.00. The number of rotatable bonds is 8. The van der Waals surface area contributed by atoms with Crippen LogP contribution in [-0.2, 0) is 9.53 Å². The molecule has 1 unspecified atom stereocenters. The monoisotopic (exact) mass is 338 g/mol. The fraction of sp³-hybridized carbons (Fsp3) is 0.300. The maximum atomic E-state index is 11.3. The summed E-state index contributed by atoms with van der Waals surface area (Å²) in [7, 11) is 3.03. The summed E-state index contributed by atoms with van der Waals surface area (Å²) in [6.07, 6.45) is 1.86. The van der Waals surface area contributed by atoms with E-state index in [1.807, 2.05) is 36.4 Å². The number of nitrogens with zero attached hydrogens (tertiary/aromatic N) is 1. The molecule has 0 aromatic heterocycles. The molecule has 1 atom stereocenters. The van der Waals surface area contributed by atoms with Crippen LogP contribution in [0.15, 0.2) is 48.5 Å². The lowest BCUT2D eigenvalue weighted by Crippen LogP contribution is -2.12. The van der Waals surface area contributed by atoms with Crippen molar-refractivity contribution in [3.8, 4) is 11.8 Å². The summed E-state index contributed by atoms with van der Waals surface area (Å²) in [6.45, 7) is 0. The van der Waals surface area contributed by atoms with Gasteiger partial charge in [0.1, 0.15) is 5.75 Å². The molecular formula is C20H22N2O3. The zero-order valence-electron chi connectivity index (χ0n) is 14.5. The second kappa shape index (κ2) is 9.33. The lowest BCUT2D eigenvalue weighted by Gasteiger charge is -2.21. The van der Waals surface area contributed by atoms with E-state index >= 15 is 0 Å². The Kier molecular flexibility index (Phi) is 6.85. The fourth-order valence-corrected chi connectivity index (χ4v) is 2.55. The normalized spacial score (nSPS) is 11.2. The van der Waals surface area contributed by atoms with Crippen molar-refractivity contribution < 1.29 is 14.3 Å². The van der Waals surface area contributed by atoms with Crippen LogP contribution in [0.3, 0.4) is 0 Å². The highest BCUT2D eigenvalue weighted by molar-refractivity contribution is 5.69. The molecule has 1 N–H and O–H groups in total. The van der Waals surface area contributed by atoms with Gasteiger partial charge in [0.25, 0.3) is 0 Å². The first-order valence-electron chi connectivity index (χ1n) is 8.13. The van der Waals surface area contributed by atoms with E-state index in [9.17, 15) is 4.79 Å². The van der Waals surface area contributed by atoms with E-state index in [0.717, 1.165) is 23.4 Å². The quantitative estimate of drug-likeness (QED) is 0.735. The Morgan fingerprint density at radius 1 is 1.12 bits per heavy atom. The largest absolute Gasteiger partial charge is 0.497 e. The van der Waals surface area contributed by atoms with E-state index in [-0.39, 0.29) is 12.0 Å². The second-order valence-corrected chi connectivity index (χ2v) is 5.63. The van der Waals surface area contributed by atoms with Gasteiger partial charge in [0.15, 0.2) is 0 Å². The second-order valence-electron chi connectivity index (χ2n) is 5.63. The summed E-state index contributed by atoms with van der Waals surface area (Å²) in [5, 5.41) is 12.4. The molecule has 2 rings (SSSR count). The van der Waals surface area contributed by atoms with Gasteiger partial charge in [0.2, 0.25) is 0 Å². The van der Waals surface area contributed by atoms with Crippen molar-refractivity contribution >= 4 is 11.7 Å². The average molecular weight is 338 g/mol.